The Labute approximate surface area is 112 Å². The van der Waals surface area contributed by atoms with Crippen LogP contribution in [0.3, 0.4) is 0 Å². The van der Waals surface area contributed by atoms with Crippen molar-refractivity contribution in [1.82, 2.24) is 15.0 Å². The number of carbonyl (C=O) groups excluding carboxylic acids is 1. The zero-order valence-corrected chi connectivity index (χ0v) is 11.9. The Balaban J connectivity index is 2.82. The largest absolute Gasteiger partial charge is 0.384 e. The minimum absolute atomic E-state index is 0.00871. The van der Waals surface area contributed by atoms with Gasteiger partial charge in [0, 0.05) is 19.8 Å². The molecule has 0 saturated heterocycles. The van der Waals surface area contributed by atoms with Gasteiger partial charge in [0.25, 0.3) is 0 Å². The SMILES string of the molecule is CNC(=O)C(C)(C)CNS(=O)(=O)c1ccc(N)nc1. The zero-order chi connectivity index (χ0) is 14.7. The lowest BCUT2D eigenvalue weighted by molar-refractivity contribution is -0.128. The van der Waals surface area contributed by atoms with Gasteiger partial charge in [-0.1, -0.05) is 0 Å². The maximum atomic E-state index is 12.0. The first kappa shape index (κ1) is 15.4. The van der Waals surface area contributed by atoms with E-state index in [1.807, 2.05) is 0 Å². The van der Waals surface area contributed by atoms with Gasteiger partial charge in [-0.2, -0.15) is 0 Å². The van der Waals surface area contributed by atoms with Crippen LogP contribution in [0.25, 0.3) is 0 Å². The van der Waals surface area contributed by atoms with Crippen molar-refractivity contribution >= 4 is 21.7 Å². The van der Waals surface area contributed by atoms with Crippen LogP contribution in [-0.4, -0.2) is 32.9 Å². The molecule has 0 aliphatic heterocycles. The minimum atomic E-state index is -3.70. The second-order valence-corrected chi connectivity index (χ2v) is 6.47. The molecule has 0 unspecified atom stereocenters. The van der Waals surface area contributed by atoms with Gasteiger partial charge in [0.15, 0.2) is 0 Å². The highest BCUT2D eigenvalue weighted by molar-refractivity contribution is 7.89. The molecule has 1 heterocycles. The highest BCUT2D eigenvalue weighted by atomic mass is 32.2. The van der Waals surface area contributed by atoms with Gasteiger partial charge >= 0.3 is 0 Å². The Morgan fingerprint density at radius 1 is 1.42 bits per heavy atom. The molecule has 1 amide bonds. The van der Waals surface area contributed by atoms with Crippen LogP contribution in [0.1, 0.15) is 13.8 Å². The van der Waals surface area contributed by atoms with Gasteiger partial charge in [-0.05, 0) is 26.0 Å². The maximum Gasteiger partial charge on any atom is 0.242 e. The van der Waals surface area contributed by atoms with E-state index >= 15 is 0 Å². The number of rotatable bonds is 5. The maximum absolute atomic E-state index is 12.0. The zero-order valence-electron chi connectivity index (χ0n) is 11.1. The van der Waals surface area contributed by atoms with Crippen molar-refractivity contribution in [3.8, 4) is 0 Å². The molecule has 0 aliphatic carbocycles. The summed E-state index contributed by atoms with van der Waals surface area (Å²) < 4.78 is 26.3. The number of nitrogen functional groups attached to an aromatic ring is 1. The molecular formula is C11H18N4O3S. The number of sulfonamides is 1. The molecule has 1 aromatic heterocycles. The number of nitrogens with one attached hydrogen (secondary N) is 2. The first-order valence-corrected chi connectivity index (χ1v) is 7.11. The molecule has 0 atom stereocenters. The van der Waals surface area contributed by atoms with Crippen molar-refractivity contribution in [2.45, 2.75) is 18.7 Å². The Morgan fingerprint density at radius 3 is 2.53 bits per heavy atom. The van der Waals surface area contributed by atoms with Gasteiger partial charge < -0.3 is 11.1 Å². The molecule has 1 rings (SSSR count). The van der Waals surface area contributed by atoms with E-state index in [1.54, 1.807) is 13.8 Å². The summed E-state index contributed by atoms with van der Waals surface area (Å²) in [7, 11) is -2.20. The lowest BCUT2D eigenvalue weighted by Gasteiger charge is -2.22. The molecule has 0 aromatic carbocycles. The summed E-state index contributed by atoms with van der Waals surface area (Å²) in [6.07, 6.45) is 1.17. The van der Waals surface area contributed by atoms with Crippen molar-refractivity contribution in [1.29, 1.82) is 0 Å². The van der Waals surface area contributed by atoms with E-state index in [2.05, 4.69) is 15.0 Å². The first-order valence-electron chi connectivity index (χ1n) is 5.62. The fourth-order valence-corrected chi connectivity index (χ4v) is 2.48. The van der Waals surface area contributed by atoms with Gasteiger partial charge in [0.05, 0.1) is 5.41 Å². The average Bonchev–Trinajstić information content (AvgIpc) is 2.36. The van der Waals surface area contributed by atoms with E-state index in [-0.39, 0.29) is 23.2 Å². The summed E-state index contributed by atoms with van der Waals surface area (Å²) in [4.78, 5) is 15.3. The van der Waals surface area contributed by atoms with Gasteiger partial charge in [-0.3, -0.25) is 4.79 Å². The van der Waals surface area contributed by atoms with Crippen molar-refractivity contribution in [2.24, 2.45) is 5.41 Å². The Kier molecular flexibility index (Phi) is 4.48. The molecule has 1 aromatic rings. The van der Waals surface area contributed by atoms with Crippen molar-refractivity contribution in [3.63, 3.8) is 0 Å². The summed E-state index contributed by atoms with van der Waals surface area (Å²) in [5.41, 5.74) is 4.55. The lowest BCUT2D eigenvalue weighted by atomic mass is 9.93. The molecule has 106 valence electrons. The van der Waals surface area contributed by atoms with Crippen LogP contribution in [0, 0.1) is 5.41 Å². The number of amides is 1. The van der Waals surface area contributed by atoms with E-state index in [0.29, 0.717) is 0 Å². The van der Waals surface area contributed by atoms with Crippen LogP contribution in [-0.2, 0) is 14.8 Å². The molecule has 0 radical (unpaired) electrons. The van der Waals surface area contributed by atoms with Crippen LogP contribution in [0.5, 0.6) is 0 Å². The molecule has 0 aliphatic rings. The van der Waals surface area contributed by atoms with Crippen LogP contribution >= 0.6 is 0 Å². The molecule has 0 saturated carbocycles. The minimum Gasteiger partial charge on any atom is -0.384 e. The van der Waals surface area contributed by atoms with E-state index in [0.717, 1.165) is 0 Å². The Hall–Kier alpha value is -1.67. The van der Waals surface area contributed by atoms with Crippen LogP contribution < -0.4 is 15.8 Å². The van der Waals surface area contributed by atoms with E-state index in [1.165, 1.54) is 25.4 Å². The summed E-state index contributed by atoms with van der Waals surface area (Å²) in [5, 5.41) is 2.49. The molecular weight excluding hydrogens is 268 g/mol. The summed E-state index contributed by atoms with van der Waals surface area (Å²) >= 11 is 0. The van der Waals surface area contributed by atoms with Crippen molar-refractivity contribution in [3.05, 3.63) is 18.3 Å². The summed E-state index contributed by atoms with van der Waals surface area (Å²) in [6, 6.07) is 2.76. The van der Waals surface area contributed by atoms with Crippen molar-refractivity contribution < 1.29 is 13.2 Å². The van der Waals surface area contributed by atoms with E-state index < -0.39 is 15.4 Å². The second kappa shape index (κ2) is 5.54. The predicted octanol–water partition coefficient (Wildman–Crippen LogP) is -0.286. The standard InChI is InChI=1S/C11H18N4O3S/c1-11(2,10(16)13-3)7-15-19(17,18)8-4-5-9(12)14-6-8/h4-6,15H,7H2,1-3H3,(H2,12,14)(H,13,16). The lowest BCUT2D eigenvalue weighted by Crippen LogP contribution is -2.43. The highest BCUT2D eigenvalue weighted by Crippen LogP contribution is 2.15. The fourth-order valence-electron chi connectivity index (χ4n) is 1.33. The van der Waals surface area contributed by atoms with Crippen LogP contribution in [0.4, 0.5) is 5.82 Å². The van der Waals surface area contributed by atoms with Crippen molar-refractivity contribution in [2.75, 3.05) is 19.3 Å². The second-order valence-electron chi connectivity index (χ2n) is 4.71. The quantitative estimate of drug-likeness (QED) is 0.688. The van der Waals surface area contributed by atoms with Gasteiger partial charge in [-0.25, -0.2) is 18.1 Å². The number of hydrogen-bond acceptors (Lipinski definition) is 5. The Bertz CT molecular complexity index is 552. The van der Waals surface area contributed by atoms with Crippen LogP contribution in [0.15, 0.2) is 23.2 Å². The number of anilines is 1. The van der Waals surface area contributed by atoms with E-state index in [4.69, 9.17) is 5.73 Å². The third-order valence-electron chi connectivity index (χ3n) is 2.62. The van der Waals surface area contributed by atoms with Crippen LogP contribution in [0.2, 0.25) is 0 Å². The molecule has 4 N–H and O–H groups in total. The summed E-state index contributed by atoms with van der Waals surface area (Å²) in [6.45, 7) is 3.28. The monoisotopic (exact) mass is 286 g/mol. The van der Waals surface area contributed by atoms with Gasteiger partial charge in [0.2, 0.25) is 15.9 Å². The number of nitrogens with two attached hydrogens (primary N) is 1. The molecule has 0 bridgehead atoms. The smallest absolute Gasteiger partial charge is 0.242 e. The van der Waals surface area contributed by atoms with Gasteiger partial charge in [0.1, 0.15) is 10.7 Å². The number of hydrogen-bond donors (Lipinski definition) is 3. The average molecular weight is 286 g/mol. The number of nitrogens with zero attached hydrogens (tertiary/aromatic N) is 1. The molecule has 19 heavy (non-hydrogen) atoms. The first-order chi connectivity index (χ1) is 8.69. The highest BCUT2D eigenvalue weighted by Gasteiger charge is 2.28. The number of pyridine rings is 1. The topological polar surface area (TPSA) is 114 Å². The third-order valence-corrected chi connectivity index (χ3v) is 4.00. The van der Waals surface area contributed by atoms with E-state index in [9.17, 15) is 13.2 Å². The Morgan fingerprint density at radius 2 is 2.05 bits per heavy atom. The number of aromatic nitrogens is 1. The molecule has 0 fully saturated rings. The fraction of sp³-hybridized carbons (Fsp3) is 0.455. The third kappa shape index (κ3) is 3.90. The van der Waals surface area contributed by atoms with Gasteiger partial charge in [-0.15, -0.1) is 0 Å². The molecule has 7 nitrogen and oxygen atoms in total. The summed E-state index contributed by atoms with van der Waals surface area (Å²) in [5.74, 6) is -0.00438. The predicted molar refractivity (Wildman–Crippen MR) is 71.7 cm³/mol. The molecule has 8 heteroatoms. The normalized spacial score (nSPS) is 12.2. The number of carbonyl (C=O) groups is 1. The molecule has 0 spiro atoms.